The number of anilines is 1. The Morgan fingerprint density at radius 1 is 0.800 bits per heavy atom. The van der Waals surface area contributed by atoms with Gasteiger partial charge in [0.05, 0.1) is 6.04 Å². The smallest absolute Gasteiger partial charge is 0.266 e. The lowest BCUT2D eigenvalue weighted by Crippen LogP contribution is -2.50. The Morgan fingerprint density at radius 3 is 2.03 bits per heavy atom. The lowest BCUT2D eigenvalue weighted by atomic mass is 9.96. The number of aryl methyl sites for hydroxylation is 1. The van der Waals surface area contributed by atoms with E-state index >= 15 is 0 Å². The van der Waals surface area contributed by atoms with Crippen LogP contribution in [-0.4, -0.2) is 48.4 Å². The lowest BCUT2D eigenvalue weighted by molar-refractivity contribution is -0.128. The molecule has 5 rings (SSSR count). The van der Waals surface area contributed by atoms with Crippen LogP contribution in [0.3, 0.4) is 0 Å². The normalized spacial score (nSPS) is 16.6. The van der Waals surface area contributed by atoms with Gasteiger partial charge in [0.2, 0.25) is 0 Å². The number of amides is 1. The number of hydrogen-bond acceptors (Lipinski definition) is 4. The van der Waals surface area contributed by atoms with Crippen molar-refractivity contribution in [3.8, 4) is 6.07 Å². The molecule has 1 saturated heterocycles. The standard InChI is InChI=1S/C30H30N4O/c31-22-27(23-34-17-9-15-24-10-7-8-16-28(24)34)30(35)33-20-18-32(19-21-33)29(25-11-3-1-4-12-25)26-13-5-2-6-14-26/h1-8,10-14,16,23,29H,9,15,17-21H2/b27-23-. The molecular formula is C30H30N4O. The summed E-state index contributed by atoms with van der Waals surface area (Å²) >= 11 is 0. The maximum absolute atomic E-state index is 13.3. The van der Waals surface area contributed by atoms with Gasteiger partial charge >= 0.3 is 0 Å². The van der Waals surface area contributed by atoms with Crippen LogP contribution in [0.25, 0.3) is 0 Å². The topological polar surface area (TPSA) is 50.6 Å². The fourth-order valence-corrected chi connectivity index (χ4v) is 5.22. The molecule has 0 radical (unpaired) electrons. The van der Waals surface area contributed by atoms with Gasteiger partial charge in [0.25, 0.3) is 5.91 Å². The van der Waals surface area contributed by atoms with Crippen LogP contribution >= 0.6 is 0 Å². The summed E-state index contributed by atoms with van der Waals surface area (Å²) in [5.74, 6) is -0.175. The average molecular weight is 463 g/mol. The predicted octanol–water partition coefficient (Wildman–Crippen LogP) is 4.78. The number of benzene rings is 3. The maximum Gasteiger partial charge on any atom is 0.266 e. The van der Waals surface area contributed by atoms with Crippen molar-refractivity contribution in [2.75, 3.05) is 37.6 Å². The van der Waals surface area contributed by atoms with E-state index in [2.05, 4.69) is 76.5 Å². The van der Waals surface area contributed by atoms with Gasteiger partial charge in [-0.05, 0) is 35.6 Å². The Bertz CT molecular complexity index is 1180. The highest BCUT2D eigenvalue weighted by Crippen LogP contribution is 2.30. The molecule has 0 bridgehead atoms. The van der Waals surface area contributed by atoms with E-state index in [4.69, 9.17) is 0 Å². The molecule has 0 atom stereocenters. The molecule has 176 valence electrons. The molecular weight excluding hydrogens is 432 g/mol. The molecule has 5 nitrogen and oxygen atoms in total. The van der Waals surface area contributed by atoms with Crippen LogP contribution in [0, 0.1) is 11.3 Å². The van der Waals surface area contributed by atoms with Gasteiger partial charge in [-0.3, -0.25) is 9.69 Å². The molecule has 3 aromatic rings. The molecule has 0 aliphatic carbocycles. The molecule has 0 N–H and O–H groups in total. The third-order valence-electron chi connectivity index (χ3n) is 6.98. The maximum atomic E-state index is 13.3. The first kappa shape index (κ1) is 22.9. The Hall–Kier alpha value is -3.88. The number of hydrogen-bond donors (Lipinski definition) is 0. The largest absolute Gasteiger partial charge is 0.346 e. The van der Waals surface area contributed by atoms with Crippen molar-refractivity contribution < 1.29 is 4.79 Å². The predicted molar refractivity (Wildman–Crippen MR) is 139 cm³/mol. The van der Waals surface area contributed by atoms with E-state index in [1.165, 1.54) is 16.7 Å². The van der Waals surface area contributed by atoms with Crippen LogP contribution in [0.2, 0.25) is 0 Å². The van der Waals surface area contributed by atoms with Gasteiger partial charge in [-0.1, -0.05) is 78.9 Å². The summed E-state index contributed by atoms with van der Waals surface area (Å²) in [6, 6.07) is 31.6. The summed E-state index contributed by atoms with van der Waals surface area (Å²) in [6.07, 6.45) is 3.80. The SMILES string of the molecule is N#C/C(=C/N1CCCc2ccccc21)C(=O)N1CCN(C(c2ccccc2)c2ccccc2)CC1. The first-order valence-electron chi connectivity index (χ1n) is 12.3. The third-order valence-corrected chi connectivity index (χ3v) is 6.98. The monoisotopic (exact) mass is 462 g/mol. The highest BCUT2D eigenvalue weighted by molar-refractivity contribution is 5.97. The van der Waals surface area contributed by atoms with Crippen molar-refractivity contribution in [2.45, 2.75) is 18.9 Å². The van der Waals surface area contributed by atoms with Crippen molar-refractivity contribution in [2.24, 2.45) is 0 Å². The highest BCUT2D eigenvalue weighted by atomic mass is 16.2. The Morgan fingerprint density at radius 2 is 1.40 bits per heavy atom. The first-order chi connectivity index (χ1) is 17.2. The minimum absolute atomic E-state index is 0.144. The van der Waals surface area contributed by atoms with E-state index in [1.54, 1.807) is 6.20 Å². The molecule has 5 heteroatoms. The fraction of sp³-hybridized carbons (Fsp3) is 0.267. The fourth-order valence-electron chi connectivity index (χ4n) is 5.22. The summed E-state index contributed by atoms with van der Waals surface area (Å²) in [4.78, 5) is 19.6. The van der Waals surface area contributed by atoms with E-state index in [0.29, 0.717) is 13.1 Å². The van der Waals surface area contributed by atoms with E-state index < -0.39 is 0 Å². The van der Waals surface area contributed by atoms with Crippen molar-refractivity contribution in [1.82, 2.24) is 9.80 Å². The minimum Gasteiger partial charge on any atom is -0.346 e. The highest BCUT2D eigenvalue weighted by Gasteiger charge is 2.29. The zero-order chi connectivity index (χ0) is 24.0. The molecule has 2 aliphatic rings. The van der Waals surface area contributed by atoms with Gasteiger partial charge < -0.3 is 9.80 Å². The lowest BCUT2D eigenvalue weighted by Gasteiger charge is -2.39. The van der Waals surface area contributed by atoms with Crippen LogP contribution in [0.1, 0.15) is 29.2 Å². The number of piperazine rings is 1. The number of nitriles is 1. The van der Waals surface area contributed by atoms with Gasteiger partial charge in [-0.15, -0.1) is 0 Å². The number of carbonyl (C=O) groups is 1. The summed E-state index contributed by atoms with van der Waals surface area (Å²) in [7, 11) is 0. The van der Waals surface area contributed by atoms with Gasteiger partial charge in [-0.25, -0.2) is 0 Å². The summed E-state index contributed by atoms with van der Waals surface area (Å²) in [6.45, 7) is 3.53. The molecule has 2 aliphatic heterocycles. The quantitative estimate of drug-likeness (QED) is 0.404. The van der Waals surface area contributed by atoms with Crippen LogP contribution in [0.5, 0.6) is 0 Å². The van der Waals surface area contributed by atoms with Crippen molar-refractivity contribution in [3.63, 3.8) is 0 Å². The molecule has 1 fully saturated rings. The number of rotatable bonds is 5. The van der Waals surface area contributed by atoms with Crippen LogP contribution < -0.4 is 4.90 Å². The van der Waals surface area contributed by atoms with Crippen molar-refractivity contribution >= 4 is 11.6 Å². The second-order valence-electron chi connectivity index (χ2n) is 9.13. The van der Waals surface area contributed by atoms with E-state index in [1.807, 2.05) is 29.2 Å². The van der Waals surface area contributed by atoms with Crippen LogP contribution in [-0.2, 0) is 11.2 Å². The van der Waals surface area contributed by atoms with Gasteiger partial charge in [0.1, 0.15) is 11.6 Å². The summed E-state index contributed by atoms with van der Waals surface area (Å²) in [5.41, 5.74) is 5.07. The van der Waals surface area contributed by atoms with E-state index in [9.17, 15) is 10.1 Å². The van der Waals surface area contributed by atoms with Gasteiger partial charge in [0.15, 0.2) is 0 Å². The molecule has 1 amide bonds. The van der Waals surface area contributed by atoms with E-state index in [0.717, 1.165) is 38.2 Å². The molecule has 35 heavy (non-hydrogen) atoms. The Kier molecular flexibility index (Phi) is 6.92. The van der Waals surface area contributed by atoms with Crippen LogP contribution in [0.15, 0.2) is 96.7 Å². The number of para-hydroxylation sites is 1. The zero-order valence-electron chi connectivity index (χ0n) is 19.9. The molecule has 0 spiro atoms. The Balaban J connectivity index is 1.31. The van der Waals surface area contributed by atoms with Crippen molar-refractivity contribution in [3.05, 3.63) is 113 Å². The zero-order valence-corrected chi connectivity index (χ0v) is 19.9. The molecule has 0 unspecified atom stereocenters. The van der Waals surface area contributed by atoms with Gasteiger partial charge in [-0.2, -0.15) is 5.26 Å². The molecule has 0 aromatic heterocycles. The Labute approximate surface area is 207 Å². The second kappa shape index (κ2) is 10.6. The summed E-state index contributed by atoms with van der Waals surface area (Å²) in [5, 5.41) is 9.84. The molecule has 3 aromatic carbocycles. The van der Waals surface area contributed by atoms with E-state index in [-0.39, 0.29) is 17.5 Å². The van der Waals surface area contributed by atoms with Gasteiger partial charge in [0, 0.05) is 44.6 Å². The number of fused-ring (bicyclic) bond motifs is 1. The van der Waals surface area contributed by atoms with Crippen LogP contribution in [0.4, 0.5) is 5.69 Å². The molecule has 0 saturated carbocycles. The number of carbonyl (C=O) groups excluding carboxylic acids is 1. The number of nitrogens with zero attached hydrogens (tertiary/aromatic N) is 4. The first-order valence-corrected chi connectivity index (χ1v) is 12.3. The minimum atomic E-state index is -0.175. The third kappa shape index (κ3) is 4.99. The second-order valence-corrected chi connectivity index (χ2v) is 9.13. The van der Waals surface area contributed by atoms with Crippen molar-refractivity contribution in [1.29, 1.82) is 5.26 Å². The average Bonchev–Trinajstić information content (AvgIpc) is 2.93. The summed E-state index contributed by atoms with van der Waals surface area (Å²) < 4.78 is 0. The molecule has 2 heterocycles.